The Kier molecular flexibility index (Phi) is 4.89. The van der Waals surface area contributed by atoms with E-state index in [2.05, 4.69) is 34.9 Å². The van der Waals surface area contributed by atoms with Gasteiger partial charge in [0.25, 0.3) is 0 Å². The maximum Gasteiger partial charge on any atom is 0.230 e. The second-order valence-electron chi connectivity index (χ2n) is 9.41. The molecule has 0 bridgehead atoms. The summed E-state index contributed by atoms with van der Waals surface area (Å²) in [6.45, 7) is 5.14. The molecule has 1 aliphatic carbocycles. The molecular formula is C25H28F2N2O. The number of amides is 1. The standard InChI is InChI=1S/C25H28F2N2O/c1-17-5-6-23-22(11-17)25(16-29(23)24(30)19-3-2-4-19)7-9-28(10-8-25)15-18-12-20(26)14-21(27)13-18/h5-6,11-14,19H,2-4,7-10,15-16H2,1H3. The zero-order chi connectivity index (χ0) is 20.9. The van der Waals surface area contributed by atoms with E-state index in [0.29, 0.717) is 18.0 Å². The number of carbonyl (C=O) groups excluding carboxylic acids is 1. The number of carbonyl (C=O) groups is 1. The average Bonchev–Trinajstić information content (AvgIpc) is 2.95. The van der Waals surface area contributed by atoms with Crippen LogP contribution >= 0.6 is 0 Å². The Hall–Kier alpha value is -2.27. The summed E-state index contributed by atoms with van der Waals surface area (Å²) in [6.07, 6.45) is 5.10. The number of benzene rings is 2. The van der Waals surface area contributed by atoms with Crippen LogP contribution in [0.25, 0.3) is 0 Å². The number of hydrogen-bond acceptors (Lipinski definition) is 2. The third kappa shape index (κ3) is 3.43. The van der Waals surface area contributed by atoms with Crippen LogP contribution in [0.3, 0.4) is 0 Å². The molecule has 158 valence electrons. The summed E-state index contributed by atoms with van der Waals surface area (Å²) in [5.41, 5.74) is 4.30. The fourth-order valence-corrected chi connectivity index (χ4v) is 5.38. The number of hydrogen-bond donors (Lipinski definition) is 0. The van der Waals surface area contributed by atoms with E-state index in [0.717, 1.165) is 63.5 Å². The monoisotopic (exact) mass is 410 g/mol. The van der Waals surface area contributed by atoms with Gasteiger partial charge in [0.15, 0.2) is 0 Å². The summed E-state index contributed by atoms with van der Waals surface area (Å²) in [5.74, 6) is -0.564. The van der Waals surface area contributed by atoms with Gasteiger partial charge in [0.2, 0.25) is 5.91 Å². The molecule has 2 aromatic rings. The van der Waals surface area contributed by atoms with Gasteiger partial charge in [-0.25, -0.2) is 8.78 Å². The molecule has 2 aliphatic heterocycles. The zero-order valence-electron chi connectivity index (χ0n) is 17.5. The van der Waals surface area contributed by atoms with E-state index in [1.807, 2.05) is 0 Å². The zero-order valence-corrected chi connectivity index (χ0v) is 17.5. The molecule has 0 aromatic heterocycles. The SMILES string of the molecule is Cc1ccc2c(c1)C1(CCN(Cc3cc(F)cc(F)c3)CC1)CN2C(=O)C1CCC1. The summed E-state index contributed by atoms with van der Waals surface area (Å²) in [4.78, 5) is 17.4. The van der Waals surface area contributed by atoms with E-state index < -0.39 is 11.6 Å². The fourth-order valence-electron chi connectivity index (χ4n) is 5.38. The van der Waals surface area contributed by atoms with Gasteiger partial charge in [0, 0.05) is 36.2 Å². The van der Waals surface area contributed by atoms with Gasteiger partial charge in [-0.1, -0.05) is 24.1 Å². The average molecular weight is 411 g/mol. The van der Waals surface area contributed by atoms with Crippen LogP contribution in [-0.2, 0) is 16.8 Å². The van der Waals surface area contributed by atoms with E-state index in [1.165, 1.54) is 23.3 Å². The predicted molar refractivity (Wildman–Crippen MR) is 113 cm³/mol. The van der Waals surface area contributed by atoms with Crippen LogP contribution in [0.5, 0.6) is 0 Å². The minimum Gasteiger partial charge on any atom is -0.311 e. The van der Waals surface area contributed by atoms with Crippen LogP contribution in [0.1, 0.15) is 48.8 Å². The molecule has 5 rings (SSSR count). The van der Waals surface area contributed by atoms with E-state index in [1.54, 1.807) is 0 Å². The number of rotatable bonds is 3. The van der Waals surface area contributed by atoms with Crippen LogP contribution < -0.4 is 4.90 Å². The van der Waals surface area contributed by atoms with Crippen molar-refractivity contribution in [2.75, 3.05) is 24.5 Å². The lowest BCUT2D eigenvalue weighted by Crippen LogP contribution is -2.47. The normalized spacial score (nSPS) is 21.0. The molecule has 3 nitrogen and oxygen atoms in total. The highest BCUT2D eigenvalue weighted by Gasteiger charge is 2.47. The highest BCUT2D eigenvalue weighted by Crippen LogP contribution is 2.48. The first-order chi connectivity index (χ1) is 14.4. The van der Waals surface area contributed by atoms with Gasteiger partial charge in [-0.05, 0) is 75.0 Å². The van der Waals surface area contributed by atoms with Crippen molar-refractivity contribution in [3.8, 4) is 0 Å². The lowest BCUT2D eigenvalue weighted by molar-refractivity contribution is -0.124. The van der Waals surface area contributed by atoms with Crippen molar-refractivity contribution in [1.29, 1.82) is 0 Å². The number of aryl methyl sites for hydroxylation is 1. The molecule has 0 atom stereocenters. The third-order valence-corrected chi connectivity index (χ3v) is 7.34. The predicted octanol–water partition coefficient (Wildman–Crippen LogP) is 4.95. The quantitative estimate of drug-likeness (QED) is 0.715. The first-order valence-corrected chi connectivity index (χ1v) is 11.0. The number of likely N-dealkylation sites (tertiary alicyclic amines) is 1. The van der Waals surface area contributed by atoms with Crippen molar-refractivity contribution in [3.05, 3.63) is 64.7 Å². The number of anilines is 1. The van der Waals surface area contributed by atoms with Crippen LogP contribution in [0.2, 0.25) is 0 Å². The van der Waals surface area contributed by atoms with Crippen molar-refractivity contribution in [3.63, 3.8) is 0 Å². The molecule has 0 radical (unpaired) electrons. The Morgan fingerprint density at radius 1 is 1.07 bits per heavy atom. The second kappa shape index (κ2) is 7.45. The smallest absolute Gasteiger partial charge is 0.230 e. The largest absolute Gasteiger partial charge is 0.311 e. The van der Waals surface area contributed by atoms with Gasteiger partial charge in [-0.3, -0.25) is 9.69 Å². The molecule has 2 heterocycles. The van der Waals surface area contributed by atoms with E-state index in [9.17, 15) is 13.6 Å². The van der Waals surface area contributed by atoms with E-state index in [4.69, 9.17) is 0 Å². The summed E-state index contributed by atoms with van der Waals surface area (Å²) in [7, 11) is 0. The first-order valence-electron chi connectivity index (χ1n) is 11.0. The lowest BCUT2D eigenvalue weighted by Gasteiger charge is -2.40. The van der Waals surface area contributed by atoms with Gasteiger partial charge in [-0.2, -0.15) is 0 Å². The van der Waals surface area contributed by atoms with E-state index >= 15 is 0 Å². The van der Waals surface area contributed by atoms with Gasteiger partial charge < -0.3 is 4.90 Å². The summed E-state index contributed by atoms with van der Waals surface area (Å²) in [6, 6.07) is 10.2. The summed E-state index contributed by atoms with van der Waals surface area (Å²) < 4.78 is 27.1. The summed E-state index contributed by atoms with van der Waals surface area (Å²) >= 11 is 0. The van der Waals surface area contributed by atoms with Gasteiger partial charge in [0.1, 0.15) is 11.6 Å². The van der Waals surface area contributed by atoms with Gasteiger partial charge in [-0.15, -0.1) is 0 Å². The van der Waals surface area contributed by atoms with Crippen LogP contribution in [0.4, 0.5) is 14.5 Å². The van der Waals surface area contributed by atoms with Crippen molar-refractivity contribution in [2.24, 2.45) is 5.92 Å². The van der Waals surface area contributed by atoms with Crippen molar-refractivity contribution < 1.29 is 13.6 Å². The second-order valence-corrected chi connectivity index (χ2v) is 9.41. The third-order valence-electron chi connectivity index (χ3n) is 7.34. The lowest BCUT2D eigenvalue weighted by atomic mass is 9.74. The molecule has 1 amide bonds. The molecule has 1 saturated carbocycles. The van der Waals surface area contributed by atoms with Crippen molar-refractivity contribution in [1.82, 2.24) is 4.90 Å². The van der Waals surface area contributed by atoms with Crippen molar-refractivity contribution >= 4 is 11.6 Å². The van der Waals surface area contributed by atoms with Crippen LogP contribution in [0, 0.1) is 24.5 Å². The van der Waals surface area contributed by atoms with Gasteiger partial charge >= 0.3 is 0 Å². The highest BCUT2D eigenvalue weighted by atomic mass is 19.1. The van der Waals surface area contributed by atoms with Crippen molar-refractivity contribution in [2.45, 2.75) is 51.0 Å². The van der Waals surface area contributed by atoms with Crippen LogP contribution in [0.15, 0.2) is 36.4 Å². The number of halogens is 2. The Labute approximate surface area is 176 Å². The maximum absolute atomic E-state index is 13.5. The molecule has 30 heavy (non-hydrogen) atoms. The Morgan fingerprint density at radius 2 is 1.77 bits per heavy atom. The molecule has 1 saturated heterocycles. The Bertz CT molecular complexity index is 957. The Balaban J connectivity index is 1.35. The topological polar surface area (TPSA) is 23.6 Å². The fraction of sp³-hybridized carbons (Fsp3) is 0.480. The number of piperidine rings is 1. The number of fused-ring (bicyclic) bond motifs is 2. The Morgan fingerprint density at radius 3 is 2.40 bits per heavy atom. The van der Waals surface area contributed by atoms with Gasteiger partial charge in [0.05, 0.1) is 0 Å². The molecule has 5 heteroatoms. The highest BCUT2D eigenvalue weighted by molar-refractivity contribution is 5.98. The molecule has 2 aromatic carbocycles. The minimum absolute atomic E-state index is 0.00948. The summed E-state index contributed by atoms with van der Waals surface area (Å²) in [5, 5.41) is 0. The molecule has 3 aliphatic rings. The molecular weight excluding hydrogens is 382 g/mol. The van der Waals surface area contributed by atoms with E-state index in [-0.39, 0.29) is 11.3 Å². The molecule has 0 unspecified atom stereocenters. The number of nitrogens with zero attached hydrogens (tertiary/aromatic N) is 2. The maximum atomic E-state index is 13.5. The molecule has 2 fully saturated rings. The first kappa shape index (κ1) is 19.7. The molecule has 1 spiro atoms. The minimum atomic E-state index is -0.524. The van der Waals surface area contributed by atoms with Crippen LogP contribution in [-0.4, -0.2) is 30.4 Å². The molecule has 0 N–H and O–H groups in total.